The molecule has 0 aliphatic carbocycles. The molecule has 3 aromatic rings. The zero-order chi connectivity index (χ0) is 14.7. The second-order valence-corrected chi connectivity index (χ2v) is 6.06. The van der Waals surface area contributed by atoms with Crippen LogP contribution >= 0.6 is 11.3 Å². The summed E-state index contributed by atoms with van der Waals surface area (Å²) in [5.41, 5.74) is 4.16. The van der Waals surface area contributed by atoms with Crippen LogP contribution in [-0.4, -0.2) is 0 Å². The van der Waals surface area contributed by atoms with Crippen LogP contribution in [-0.2, 0) is 11.4 Å². The minimum Gasteiger partial charge on any atom is -0.296 e. The average molecular weight is 301 g/mol. The maximum absolute atomic E-state index is 13.2. The van der Waals surface area contributed by atoms with Gasteiger partial charge in [-0.25, -0.2) is 4.39 Å². The Labute approximate surface area is 127 Å². The van der Waals surface area contributed by atoms with E-state index in [-0.39, 0.29) is 11.9 Å². The van der Waals surface area contributed by atoms with Gasteiger partial charge in [0.2, 0.25) is 0 Å². The Morgan fingerprint density at radius 3 is 2.76 bits per heavy atom. The van der Waals surface area contributed by atoms with Gasteiger partial charge >= 0.3 is 0 Å². The molecule has 0 aliphatic heterocycles. The van der Waals surface area contributed by atoms with Gasteiger partial charge in [0, 0.05) is 9.58 Å². The number of benzene rings is 2. The lowest BCUT2D eigenvalue weighted by Gasteiger charge is -2.12. The molecule has 3 rings (SSSR count). The van der Waals surface area contributed by atoms with Crippen molar-refractivity contribution in [1.82, 2.24) is 5.48 Å². The third-order valence-corrected chi connectivity index (χ3v) is 4.56. The molecule has 1 N–H and O–H groups in total. The quantitative estimate of drug-likeness (QED) is 0.682. The van der Waals surface area contributed by atoms with Gasteiger partial charge in [-0.15, -0.1) is 11.3 Å². The standard InChI is InChI=1S/C17H16FNOS/c1-12(19-20-11-13-5-3-2-4-6-13)17-10-14-9-15(18)7-8-16(14)21-17/h2-10,12,19H,11H2,1H3. The second-order valence-electron chi connectivity index (χ2n) is 4.94. The summed E-state index contributed by atoms with van der Waals surface area (Å²) in [6.07, 6.45) is 0. The van der Waals surface area contributed by atoms with E-state index in [0.29, 0.717) is 6.61 Å². The van der Waals surface area contributed by atoms with E-state index in [1.165, 1.54) is 6.07 Å². The van der Waals surface area contributed by atoms with Gasteiger partial charge in [0.05, 0.1) is 12.6 Å². The topological polar surface area (TPSA) is 21.3 Å². The van der Waals surface area contributed by atoms with Crippen LogP contribution in [0.5, 0.6) is 0 Å². The molecule has 0 radical (unpaired) electrons. The maximum Gasteiger partial charge on any atom is 0.123 e. The maximum atomic E-state index is 13.2. The van der Waals surface area contributed by atoms with Crippen LogP contribution < -0.4 is 5.48 Å². The van der Waals surface area contributed by atoms with Crippen LogP contribution in [0.2, 0.25) is 0 Å². The van der Waals surface area contributed by atoms with E-state index < -0.39 is 0 Å². The first kappa shape index (κ1) is 14.2. The molecular formula is C17H16FNOS. The molecular weight excluding hydrogens is 285 g/mol. The normalized spacial score (nSPS) is 12.7. The zero-order valence-electron chi connectivity index (χ0n) is 11.7. The molecule has 1 aromatic heterocycles. The number of hydrogen-bond donors (Lipinski definition) is 1. The van der Waals surface area contributed by atoms with Gasteiger partial charge < -0.3 is 0 Å². The molecule has 2 nitrogen and oxygen atoms in total. The van der Waals surface area contributed by atoms with Crippen molar-refractivity contribution >= 4 is 21.4 Å². The molecule has 0 bridgehead atoms. The first-order valence-electron chi connectivity index (χ1n) is 6.82. The number of rotatable bonds is 5. The van der Waals surface area contributed by atoms with Crippen molar-refractivity contribution in [3.63, 3.8) is 0 Å². The molecule has 0 aliphatic rings. The average Bonchev–Trinajstić information content (AvgIpc) is 2.91. The van der Waals surface area contributed by atoms with Crippen LogP contribution in [0.4, 0.5) is 4.39 Å². The van der Waals surface area contributed by atoms with Crippen molar-refractivity contribution in [2.75, 3.05) is 0 Å². The first-order valence-corrected chi connectivity index (χ1v) is 7.64. The van der Waals surface area contributed by atoms with Crippen molar-refractivity contribution in [2.24, 2.45) is 0 Å². The largest absolute Gasteiger partial charge is 0.296 e. The highest BCUT2D eigenvalue weighted by molar-refractivity contribution is 7.19. The van der Waals surface area contributed by atoms with E-state index in [4.69, 9.17) is 4.84 Å². The molecule has 1 atom stereocenters. The SMILES string of the molecule is CC(NOCc1ccccc1)c1cc2cc(F)ccc2s1. The van der Waals surface area contributed by atoms with Gasteiger partial charge in [0.25, 0.3) is 0 Å². The monoisotopic (exact) mass is 301 g/mol. The van der Waals surface area contributed by atoms with Crippen LogP contribution in [0.1, 0.15) is 23.4 Å². The van der Waals surface area contributed by atoms with Crippen molar-refractivity contribution in [3.8, 4) is 0 Å². The van der Waals surface area contributed by atoms with E-state index in [1.54, 1.807) is 17.4 Å². The fourth-order valence-electron chi connectivity index (χ4n) is 2.13. The highest BCUT2D eigenvalue weighted by Crippen LogP contribution is 2.30. The molecule has 2 aromatic carbocycles. The molecule has 1 heterocycles. The highest BCUT2D eigenvalue weighted by Gasteiger charge is 2.10. The molecule has 0 amide bonds. The van der Waals surface area contributed by atoms with Gasteiger partial charge in [0.15, 0.2) is 0 Å². The van der Waals surface area contributed by atoms with E-state index in [1.807, 2.05) is 49.4 Å². The van der Waals surface area contributed by atoms with Crippen molar-refractivity contribution in [2.45, 2.75) is 19.6 Å². The molecule has 108 valence electrons. The summed E-state index contributed by atoms with van der Waals surface area (Å²) in [5.74, 6) is -0.201. The third-order valence-electron chi connectivity index (χ3n) is 3.27. The summed E-state index contributed by atoms with van der Waals surface area (Å²) in [6, 6.07) is 16.9. The Hall–Kier alpha value is -1.75. The smallest absolute Gasteiger partial charge is 0.123 e. The minimum atomic E-state index is -0.201. The van der Waals surface area contributed by atoms with Crippen LogP contribution in [0, 0.1) is 5.82 Å². The van der Waals surface area contributed by atoms with Gasteiger partial charge in [-0.3, -0.25) is 4.84 Å². The number of hydrogen-bond acceptors (Lipinski definition) is 3. The first-order chi connectivity index (χ1) is 10.2. The lowest BCUT2D eigenvalue weighted by atomic mass is 10.2. The Balaban J connectivity index is 1.62. The number of fused-ring (bicyclic) bond motifs is 1. The molecule has 0 saturated carbocycles. The summed E-state index contributed by atoms with van der Waals surface area (Å²) in [6.45, 7) is 2.55. The van der Waals surface area contributed by atoms with Crippen molar-refractivity contribution in [3.05, 3.63) is 70.9 Å². The van der Waals surface area contributed by atoms with E-state index in [9.17, 15) is 4.39 Å². The van der Waals surface area contributed by atoms with Crippen LogP contribution in [0.25, 0.3) is 10.1 Å². The van der Waals surface area contributed by atoms with Gasteiger partial charge in [0.1, 0.15) is 5.82 Å². The molecule has 0 saturated heterocycles. The van der Waals surface area contributed by atoms with Crippen LogP contribution in [0.15, 0.2) is 54.6 Å². The fourth-order valence-corrected chi connectivity index (χ4v) is 3.17. The molecule has 0 fully saturated rings. The number of thiophene rings is 1. The van der Waals surface area contributed by atoms with E-state index in [2.05, 4.69) is 5.48 Å². The summed E-state index contributed by atoms with van der Waals surface area (Å²) >= 11 is 1.65. The Morgan fingerprint density at radius 1 is 1.14 bits per heavy atom. The molecule has 21 heavy (non-hydrogen) atoms. The Morgan fingerprint density at radius 2 is 1.95 bits per heavy atom. The van der Waals surface area contributed by atoms with Crippen molar-refractivity contribution < 1.29 is 9.23 Å². The van der Waals surface area contributed by atoms with E-state index >= 15 is 0 Å². The third kappa shape index (κ3) is 3.47. The number of nitrogens with one attached hydrogen (secondary N) is 1. The summed E-state index contributed by atoms with van der Waals surface area (Å²) in [5, 5.41) is 0.937. The van der Waals surface area contributed by atoms with Crippen LogP contribution in [0.3, 0.4) is 0 Å². The summed E-state index contributed by atoms with van der Waals surface area (Å²) in [7, 11) is 0. The Kier molecular flexibility index (Phi) is 4.29. The summed E-state index contributed by atoms with van der Waals surface area (Å²) in [4.78, 5) is 6.67. The lowest BCUT2D eigenvalue weighted by Crippen LogP contribution is -2.18. The van der Waals surface area contributed by atoms with Crippen molar-refractivity contribution in [1.29, 1.82) is 0 Å². The second kappa shape index (κ2) is 6.35. The molecule has 4 heteroatoms. The summed E-state index contributed by atoms with van der Waals surface area (Å²) < 4.78 is 14.3. The van der Waals surface area contributed by atoms with Gasteiger partial charge in [-0.05, 0) is 42.1 Å². The highest BCUT2D eigenvalue weighted by atomic mass is 32.1. The predicted octanol–water partition coefficient (Wildman–Crippen LogP) is 4.82. The molecule has 1 unspecified atom stereocenters. The van der Waals surface area contributed by atoms with E-state index in [0.717, 1.165) is 20.5 Å². The molecule has 0 spiro atoms. The number of halogens is 1. The number of hydroxylamine groups is 1. The van der Waals surface area contributed by atoms with Gasteiger partial charge in [-0.2, -0.15) is 5.48 Å². The predicted molar refractivity (Wildman–Crippen MR) is 84.6 cm³/mol. The zero-order valence-corrected chi connectivity index (χ0v) is 12.5. The minimum absolute atomic E-state index is 0.0640. The lowest BCUT2D eigenvalue weighted by molar-refractivity contribution is 0.00772. The Bertz CT molecular complexity index is 726. The van der Waals surface area contributed by atoms with Gasteiger partial charge in [-0.1, -0.05) is 30.3 Å². The fraction of sp³-hybridized carbons (Fsp3) is 0.176.